The number of nitrogen functional groups attached to an aromatic ring is 1. The minimum Gasteiger partial charge on any atom is -0.399 e. The van der Waals surface area contributed by atoms with Crippen LogP contribution in [0, 0.1) is 5.82 Å². The number of rotatable bonds is 5. The molecular formula is C12H19FN2O. The van der Waals surface area contributed by atoms with Crippen molar-refractivity contribution >= 4 is 11.4 Å². The Balaban J connectivity index is 2.60. The van der Waals surface area contributed by atoms with Crippen LogP contribution in [0.25, 0.3) is 0 Å². The highest BCUT2D eigenvalue weighted by molar-refractivity contribution is 5.54. The Morgan fingerprint density at radius 1 is 1.44 bits per heavy atom. The van der Waals surface area contributed by atoms with E-state index >= 15 is 0 Å². The molecule has 0 amide bonds. The summed E-state index contributed by atoms with van der Waals surface area (Å²) in [4.78, 5) is 0. The summed E-state index contributed by atoms with van der Waals surface area (Å²) >= 11 is 0. The maximum Gasteiger partial charge on any atom is 0.127 e. The summed E-state index contributed by atoms with van der Waals surface area (Å²) < 4.78 is 13.0. The normalized spacial score (nSPS) is 14.5. The van der Waals surface area contributed by atoms with E-state index < -0.39 is 5.60 Å². The lowest BCUT2D eigenvalue weighted by molar-refractivity contribution is 0.0637. The minimum atomic E-state index is -0.782. The number of nitrogens with one attached hydrogen (secondary N) is 1. The van der Waals surface area contributed by atoms with E-state index in [0.29, 0.717) is 24.3 Å². The SMILES string of the molecule is CCCC(C)(O)CNc1cc(N)cc(F)c1. The third-order valence-corrected chi connectivity index (χ3v) is 2.38. The van der Waals surface area contributed by atoms with E-state index in [9.17, 15) is 9.50 Å². The van der Waals surface area contributed by atoms with Crippen LogP contribution in [0.2, 0.25) is 0 Å². The molecule has 1 atom stereocenters. The maximum atomic E-state index is 13.0. The summed E-state index contributed by atoms with van der Waals surface area (Å²) in [7, 11) is 0. The van der Waals surface area contributed by atoms with Crippen molar-refractivity contribution in [3.63, 3.8) is 0 Å². The molecule has 0 aliphatic heterocycles. The fraction of sp³-hybridized carbons (Fsp3) is 0.500. The van der Waals surface area contributed by atoms with Gasteiger partial charge in [0.2, 0.25) is 0 Å². The average molecular weight is 226 g/mol. The minimum absolute atomic E-state index is 0.373. The van der Waals surface area contributed by atoms with E-state index in [1.54, 1.807) is 13.0 Å². The molecule has 1 rings (SSSR count). The van der Waals surface area contributed by atoms with Crippen molar-refractivity contribution in [1.82, 2.24) is 0 Å². The Bertz CT molecular complexity index is 333. The maximum absolute atomic E-state index is 13.0. The number of aliphatic hydroxyl groups is 1. The first-order valence-corrected chi connectivity index (χ1v) is 5.45. The summed E-state index contributed by atoms with van der Waals surface area (Å²) in [5, 5.41) is 12.9. The van der Waals surface area contributed by atoms with Crippen LogP contribution in [0.3, 0.4) is 0 Å². The van der Waals surface area contributed by atoms with Gasteiger partial charge in [0.25, 0.3) is 0 Å². The number of nitrogens with two attached hydrogens (primary N) is 1. The van der Waals surface area contributed by atoms with Gasteiger partial charge in [0, 0.05) is 17.9 Å². The first-order chi connectivity index (χ1) is 7.43. The third kappa shape index (κ3) is 4.06. The van der Waals surface area contributed by atoms with Gasteiger partial charge in [-0.15, -0.1) is 0 Å². The first-order valence-electron chi connectivity index (χ1n) is 5.45. The van der Waals surface area contributed by atoms with Gasteiger partial charge in [0.1, 0.15) is 5.82 Å². The molecule has 0 spiro atoms. The van der Waals surface area contributed by atoms with E-state index in [2.05, 4.69) is 5.32 Å². The van der Waals surface area contributed by atoms with Gasteiger partial charge in [-0.3, -0.25) is 0 Å². The number of halogens is 1. The second-order valence-corrected chi connectivity index (χ2v) is 4.37. The van der Waals surface area contributed by atoms with Crippen molar-refractivity contribution in [3.05, 3.63) is 24.0 Å². The van der Waals surface area contributed by atoms with Crippen molar-refractivity contribution in [2.75, 3.05) is 17.6 Å². The van der Waals surface area contributed by atoms with Crippen LogP contribution in [-0.4, -0.2) is 17.3 Å². The van der Waals surface area contributed by atoms with Crippen molar-refractivity contribution in [3.8, 4) is 0 Å². The van der Waals surface area contributed by atoms with Gasteiger partial charge in [-0.2, -0.15) is 0 Å². The van der Waals surface area contributed by atoms with E-state index in [1.165, 1.54) is 12.1 Å². The second-order valence-electron chi connectivity index (χ2n) is 4.37. The Labute approximate surface area is 95.5 Å². The molecule has 1 aromatic carbocycles. The smallest absolute Gasteiger partial charge is 0.127 e. The molecule has 0 fully saturated rings. The molecule has 3 nitrogen and oxygen atoms in total. The van der Waals surface area contributed by atoms with Crippen LogP contribution in [-0.2, 0) is 0 Å². The number of hydrogen-bond donors (Lipinski definition) is 3. The lowest BCUT2D eigenvalue weighted by Crippen LogP contribution is -2.33. The first kappa shape index (κ1) is 12.8. The number of anilines is 2. The van der Waals surface area contributed by atoms with E-state index in [0.717, 1.165) is 6.42 Å². The van der Waals surface area contributed by atoms with Gasteiger partial charge in [-0.1, -0.05) is 13.3 Å². The topological polar surface area (TPSA) is 58.3 Å². The average Bonchev–Trinajstić information content (AvgIpc) is 2.13. The van der Waals surface area contributed by atoms with Crippen LogP contribution in [0.1, 0.15) is 26.7 Å². The fourth-order valence-corrected chi connectivity index (χ4v) is 1.63. The second kappa shape index (κ2) is 5.16. The predicted molar refractivity (Wildman–Crippen MR) is 64.8 cm³/mol. The van der Waals surface area contributed by atoms with Gasteiger partial charge in [-0.25, -0.2) is 4.39 Å². The van der Waals surface area contributed by atoms with Crippen LogP contribution in [0.4, 0.5) is 15.8 Å². The molecule has 0 aliphatic carbocycles. The molecule has 16 heavy (non-hydrogen) atoms. The third-order valence-electron chi connectivity index (χ3n) is 2.38. The molecule has 0 bridgehead atoms. The molecule has 0 radical (unpaired) electrons. The summed E-state index contributed by atoms with van der Waals surface area (Å²) in [6.07, 6.45) is 1.60. The molecule has 0 aromatic heterocycles. The molecule has 0 saturated carbocycles. The molecular weight excluding hydrogens is 207 g/mol. The summed E-state index contributed by atoms with van der Waals surface area (Å²) in [5.74, 6) is -0.377. The van der Waals surface area contributed by atoms with Crippen molar-refractivity contribution in [2.24, 2.45) is 0 Å². The van der Waals surface area contributed by atoms with Gasteiger partial charge in [0.05, 0.1) is 5.60 Å². The van der Waals surface area contributed by atoms with E-state index in [-0.39, 0.29) is 5.82 Å². The zero-order valence-corrected chi connectivity index (χ0v) is 9.76. The Morgan fingerprint density at radius 3 is 2.69 bits per heavy atom. The molecule has 0 aliphatic rings. The molecule has 1 unspecified atom stereocenters. The quantitative estimate of drug-likeness (QED) is 0.675. The lowest BCUT2D eigenvalue weighted by Gasteiger charge is -2.23. The van der Waals surface area contributed by atoms with Crippen LogP contribution in [0.5, 0.6) is 0 Å². The summed E-state index contributed by atoms with van der Waals surface area (Å²) in [6, 6.07) is 4.26. The summed E-state index contributed by atoms with van der Waals surface area (Å²) in [5.41, 5.74) is 5.70. The van der Waals surface area contributed by atoms with Crippen molar-refractivity contribution in [2.45, 2.75) is 32.3 Å². The van der Waals surface area contributed by atoms with E-state index in [4.69, 9.17) is 5.73 Å². The van der Waals surface area contributed by atoms with Gasteiger partial charge >= 0.3 is 0 Å². The fourth-order valence-electron chi connectivity index (χ4n) is 1.63. The predicted octanol–water partition coefficient (Wildman–Crippen LogP) is 2.37. The zero-order chi connectivity index (χ0) is 12.2. The molecule has 0 saturated heterocycles. The molecule has 1 aromatic rings. The standard InChI is InChI=1S/C12H19FN2O/c1-3-4-12(2,16)8-15-11-6-9(13)5-10(14)7-11/h5-7,15-16H,3-4,8,14H2,1-2H3. The Morgan fingerprint density at radius 2 is 2.12 bits per heavy atom. The highest BCUT2D eigenvalue weighted by atomic mass is 19.1. The Hall–Kier alpha value is -1.29. The van der Waals surface area contributed by atoms with Gasteiger partial charge < -0.3 is 16.2 Å². The monoisotopic (exact) mass is 226 g/mol. The van der Waals surface area contributed by atoms with Crippen LogP contribution in [0.15, 0.2) is 18.2 Å². The van der Waals surface area contributed by atoms with Crippen molar-refractivity contribution in [1.29, 1.82) is 0 Å². The molecule has 0 heterocycles. The highest BCUT2D eigenvalue weighted by Gasteiger charge is 2.18. The van der Waals surface area contributed by atoms with Gasteiger partial charge in [0.15, 0.2) is 0 Å². The highest BCUT2D eigenvalue weighted by Crippen LogP contribution is 2.18. The summed E-state index contributed by atoms with van der Waals surface area (Å²) in [6.45, 7) is 4.14. The van der Waals surface area contributed by atoms with E-state index in [1.807, 2.05) is 6.92 Å². The van der Waals surface area contributed by atoms with Gasteiger partial charge in [-0.05, 0) is 31.5 Å². The Kier molecular flexibility index (Phi) is 4.12. The van der Waals surface area contributed by atoms with Crippen LogP contribution >= 0.6 is 0 Å². The number of benzene rings is 1. The zero-order valence-electron chi connectivity index (χ0n) is 9.76. The molecule has 4 heteroatoms. The lowest BCUT2D eigenvalue weighted by atomic mass is 10.0. The van der Waals surface area contributed by atoms with Crippen molar-refractivity contribution < 1.29 is 9.50 Å². The number of hydrogen-bond acceptors (Lipinski definition) is 3. The molecule has 4 N–H and O–H groups in total. The van der Waals surface area contributed by atoms with Crippen LogP contribution < -0.4 is 11.1 Å². The molecule has 90 valence electrons. The largest absolute Gasteiger partial charge is 0.399 e.